The van der Waals surface area contributed by atoms with Crippen LogP contribution in [0.25, 0.3) is 0 Å². The number of carbonyl (C=O) groups excluding carboxylic acids is 2. The second-order valence-corrected chi connectivity index (χ2v) is 7.17. The van der Waals surface area contributed by atoms with E-state index < -0.39 is 0 Å². The van der Waals surface area contributed by atoms with Crippen molar-refractivity contribution in [3.05, 3.63) is 30.1 Å². The maximum atomic E-state index is 12.8. The molecule has 0 spiro atoms. The summed E-state index contributed by atoms with van der Waals surface area (Å²) < 4.78 is 0. The zero-order valence-electron chi connectivity index (χ0n) is 14.6. The van der Waals surface area contributed by atoms with Crippen LogP contribution in [0.15, 0.2) is 24.5 Å². The summed E-state index contributed by atoms with van der Waals surface area (Å²) in [4.78, 5) is 31.1. The third-order valence-electron chi connectivity index (χ3n) is 5.50. The van der Waals surface area contributed by atoms with E-state index in [-0.39, 0.29) is 36.3 Å². The van der Waals surface area contributed by atoms with E-state index >= 15 is 0 Å². The molecule has 0 unspecified atom stereocenters. The lowest BCUT2D eigenvalue weighted by Crippen LogP contribution is -2.56. The van der Waals surface area contributed by atoms with E-state index in [2.05, 4.69) is 10.3 Å². The number of aromatic nitrogens is 1. The molecule has 0 radical (unpaired) electrons. The molecule has 2 fully saturated rings. The molecular formula is C19H27N3O3. The monoisotopic (exact) mass is 345 g/mol. The van der Waals surface area contributed by atoms with Crippen molar-refractivity contribution in [2.75, 3.05) is 19.7 Å². The molecule has 6 heteroatoms. The highest BCUT2D eigenvalue weighted by Gasteiger charge is 2.35. The van der Waals surface area contributed by atoms with E-state index in [1.165, 1.54) is 12.6 Å². The standard InChI is InChI=1S/C19H27N3O3/c23-13-16-8-10-22(19(25)14-5-2-1-3-6-14)12-17(16)21-18(24)15-7-4-9-20-11-15/h4,7,9,11,14,16-17,23H,1-3,5-6,8,10,12-13H2,(H,21,24)/t16-,17-/m1/s1. The maximum absolute atomic E-state index is 12.8. The molecule has 2 N–H and O–H groups in total. The van der Waals surface area contributed by atoms with E-state index in [1.807, 2.05) is 4.90 Å². The highest BCUT2D eigenvalue weighted by Crippen LogP contribution is 2.27. The SMILES string of the molecule is O=C(N[C@@H]1CN(C(=O)C2CCCCC2)CC[C@@H]1CO)c1cccnc1. The zero-order chi connectivity index (χ0) is 17.6. The van der Waals surface area contributed by atoms with E-state index in [4.69, 9.17) is 0 Å². The van der Waals surface area contributed by atoms with Crippen LogP contribution in [-0.2, 0) is 4.79 Å². The Kier molecular flexibility index (Phi) is 6.02. The molecule has 2 heterocycles. The average molecular weight is 345 g/mol. The topological polar surface area (TPSA) is 82.5 Å². The van der Waals surface area contributed by atoms with Crippen LogP contribution < -0.4 is 5.32 Å². The summed E-state index contributed by atoms with van der Waals surface area (Å²) in [5, 5.41) is 12.6. The van der Waals surface area contributed by atoms with Crippen molar-refractivity contribution in [3.8, 4) is 0 Å². The number of hydrogen-bond acceptors (Lipinski definition) is 4. The number of likely N-dealkylation sites (tertiary alicyclic amines) is 1. The molecule has 1 aliphatic carbocycles. The van der Waals surface area contributed by atoms with E-state index in [1.54, 1.807) is 18.3 Å². The van der Waals surface area contributed by atoms with Crippen molar-refractivity contribution in [1.82, 2.24) is 15.2 Å². The number of hydrogen-bond donors (Lipinski definition) is 2. The van der Waals surface area contributed by atoms with Gasteiger partial charge in [0.05, 0.1) is 11.6 Å². The summed E-state index contributed by atoms with van der Waals surface area (Å²) in [6, 6.07) is 3.21. The number of piperidine rings is 1. The maximum Gasteiger partial charge on any atom is 0.253 e. The predicted molar refractivity (Wildman–Crippen MR) is 93.8 cm³/mol. The lowest BCUT2D eigenvalue weighted by Gasteiger charge is -2.40. The van der Waals surface area contributed by atoms with Crippen LogP contribution in [0.4, 0.5) is 0 Å². The summed E-state index contributed by atoms with van der Waals surface area (Å²) in [5.41, 5.74) is 0.495. The first-order valence-electron chi connectivity index (χ1n) is 9.29. The number of pyridine rings is 1. The number of rotatable bonds is 4. The number of nitrogens with one attached hydrogen (secondary N) is 1. The van der Waals surface area contributed by atoms with Gasteiger partial charge in [0.15, 0.2) is 0 Å². The van der Waals surface area contributed by atoms with Crippen molar-refractivity contribution < 1.29 is 14.7 Å². The second kappa shape index (κ2) is 8.43. The Bertz CT molecular complexity index is 587. The number of nitrogens with zero attached hydrogens (tertiary/aromatic N) is 2. The van der Waals surface area contributed by atoms with Gasteiger partial charge in [0, 0.05) is 43.9 Å². The van der Waals surface area contributed by atoms with Crippen LogP contribution in [-0.4, -0.2) is 52.5 Å². The van der Waals surface area contributed by atoms with Crippen molar-refractivity contribution in [1.29, 1.82) is 0 Å². The molecule has 1 saturated carbocycles. The molecule has 0 bridgehead atoms. The fourth-order valence-electron chi connectivity index (χ4n) is 3.94. The van der Waals surface area contributed by atoms with Gasteiger partial charge in [-0.2, -0.15) is 0 Å². The van der Waals surface area contributed by atoms with Crippen LogP contribution in [0.5, 0.6) is 0 Å². The molecule has 3 rings (SSSR count). The van der Waals surface area contributed by atoms with Crippen molar-refractivity contribution in [2.24, 2.45) is 11.8 Å². The summed E-state index contributed by atoms with van der Waals surface area (Å²) in [7, 11) is 0. The first-order chi connectivity index (χ1) is 12.2. The number of aliphatic hydroxyl groups excluding tert-OH is 1. The van der Waals surface area contributed by atoms with Gasteiger partial charge in [-0.05, 0) is 31.4 Å². The third-order valence-corrected chi connectivity index (χ3v) is 5.50. The lowest BCUT2D eigenvalue weighted by molar-refractivity contribution is -0.138. The molecule has 1 aliphatic heterocycles. The van der Waals surface area contributed by atoms with E-state index in [9.17, 15) is 14.7 Å². The fraction of sp³-hybridized carbons (Fsp3) is 0.632. The minimum atomic E-state index is -0.223. The first-order valence-corrected chi connectivity index (χ1v) is 9.29. The van der Waals surface area contributed by atoms with Gasteiger partial charge >= 0.3 is 0 Å². The molecule has 2 amide bonds. The third kappa shape index (κ3) is 4.37. The number of amides is 2. The highest BCUT2D eigenvalue weighted by molar-refractivity contribution is 5.94. The second-order valence-electron chi connectivity index (χ2n) is 7.17. The van der Waals surface area contributed by atoms with Crippen LogP contribution in [0.2, 0.25) is 0 Å². The summed E-state index contributed by atoms with van der Waals surface area (Å²) >= 11 is 0. The smallest absolute Gasteiger partial charge is 0.253 e. The largest absolute Gasteiger partial charge is 0.396 e. The van der Waals surface area contributed by atoms with Crippen LogP contribution >= 0.6 is 0 Å². The summed E-state index contributed by atoms with van der Waals surface area (Å²) in [5.74, 6) is 0.130. The van der Waals surface area contributed by atoms with Crippen LogP contribution in [0.1, 0.15) is 48.9 Å². The van der Waals surface area contributed by atoms with Gasteiger partial charge < -0.3 is 15.3 Å². The normalized spacial score (nSPS) is 24.8. The minimum absolute atomic E-state index is 0.0173. The number of aliphatic hydroxyl groups is 1. The fourth-order valence-corrected chi connectivity index (χ4v) is 3.94. The zero-order valence-corrected chi connectivity index (χ0v) is 14.6. The molecular weight excluding hydrogens is 318 g/mol. The Morgan fingerprint density at radius 1 is 1.24 bits per heavy atom. The molecule has 6 nitrogen and oxygen atoms in total. The Balaban J connectivity index is 1.64. The van der Waals surface area contributed by atoms with E-state index in [0.29, 0.717) is 25.1 Å². The van der Waals surface area contributed by atoms with Gasteiger partial charge in [0.1, 0.15) is 0 Å². The molecule has 1 aromatic rings. The molecule has 1 saturated heterocycles. The van der Waals surface area contributed by atoms with Crippen LogP contribution in [0.3, 0.4) is 0 Å². The van der Waals surface area contributed by atoms with Gasteiger partial charge in [-0.25, -0.2) is 0 Å². The average Bonchev–Trinajstić information content (AvgIpc) is 2.68. The van der Waals surface area contributed by atoms with Gasteiger partial charge in [0.2, 0.25) is 5.91 Å². The van der Waals surface area contributed by atoms with Gasteiger partial charge in [-0.15, -0.1) is 0 Å². The first kappa shape index (κ1) is 17.9. The van der Waals surface area contributed by atoms with Crippen LogP contribution in [0, 0.1) is 11.8 Å². The summed E-state index contributed by atoms with van der Waals surface area (Å²) in [6.45, 7) is 1.16. The molecule has 1 aromatic heterocycles. The minimum Gasteiger partial charge on any atom is -0.396 e. The highest BCUT2D eigenvalue weighted by atomic mass is 16.3. The Morgan fingerprint density at radius 2 is 2.04 bits per heavy atom. The van der Waals surface area contributed by atoms with Crippen molar-refractivity contribution in [2.45, 2.75) is 44.6 Å². The molecule has 25 heavy (non-hydrogen) atoms. The Labute approximate surface area is 148 Å². The van der Waals surface area contributed by atoms with Gasteiger partial charge in [-0.1, -0.05) is 19.3 Å². The number of carbonyl (C=O) groups is 2. The molecule has 2 atom stereocenters. The molecule has 136 valence electrons. The van der Waals surface area contributed by atoms with Crippen molar-refractivity contribution in [3.63, 3.8) is 0 Å². The van der Waals surface area contributed by atoms with Gasteiger partial charge in [0.25, 0.3) is 5.91 Å². The van der Waals surface area contributed by atoms with Gasteiger partial charge in [-0.3, -0.25) is 14.6 Å². The molecule has 2 aliphatic rings. The molecule has 0 aromatic carbocycles. The lowest BCUT2D eigenvalue weighted by atomic mass is 9.86. The van der Waals surface area contributed by atoms with Crippen molar-refractivity contribution >= 4 is 11.8 Å². The van der Waals surface area contributed by atoms with E-state index in [0.717, 1.165) is 25.7 Å². The Hall–Kier alpha value is -1.95. The Morgan fingerprint density at radius 3 is 2.72 bits per heavy atom. The predicted octanol–water partition coefficient (Wildman–Crippen LogP) is 1.60. The summed E-state index contributed by atoms with van der Waals surface area (Å²) in [6.07, 6.45) is 9.30. The quantitative estimate of drug-likeness (QED) is 0.868.